The third kappa shape index (κ3) is 2.19. The molecule has 0 fully saturated rings. The molecule has 0 aromatic heterocycles. The number of rotatable bonds is 2. The lowest BCUT2D eigenvalue weighted by atomic mass is 10.0. The molecule has 4 heteroatoms. The van der Waals surface area contributed by atoms with Crippen LogP contribution in [0.3, 0.4) is 0 Å². The molecule has 4 nitrogen and oxygen atoms in total. The number of aliphatic carboxylic acids is 1. The Kier molecular flexibility index (Phi) is 2.53. The molecule has 0 saturated carbocycles. The first-order chi connectivity index (χ1) is 6.00. The van der Waals surface area contributed by atoms with Crippen LogP contribution in [0.2, 0.25) is 0 Å². The van der Waals surface area contributed by atoms with Crippen LogP contribution in [0.4, 0.5) is 5.69 Å². The Hall–Kier alpha value is -1.55. The smallest absolute Gasteiger partial charge is 0.325 e. The molecule has 1 aromatic carbocycles. The van der Waals surface area contributed by atoms with Gasteiger partial charge in [-0.1, -0.05) is 6.07 Å². The van der Waals surface area contributed by atoms with E-state index in [1.165, 1.54) is 0 Å². The number of aryl methyl sites for hydroxylation is 1. The predicted octanol–water partition coefficient (Wildman–Crippen LogP) is 0.662. The van der Waals surface area contributed by atoms with Gasteiger partial charge in [-0.15, -0.1) is 0 Å². The second-order valence-corrected chi connectivity index (χ2v) is 2.99. The van der Waals surface area contributed by atoms with Crippen LogP contribution >= 0.6 is 0 Å². The van der Waals surface area contributed by atoms with Crippen molar-refractivity contribution in [1.82, 2.24) is 0 Å². The summed E-state index contributed by atoms with van der Waals surface area (Å²) in [6, 6.07) is 4.06. The maximum absolute atomic E-state index is 10.6. The van der Waals surface area contributed by atoms with Gasteiger partial charge in [-0.2, -0.15) is 0 Å². The van der Waals surface area contributed by atoms with E-state index in [9.17, 15) is 4.79 Å². The molecule has 0 saturated heterocycles. The zero-order chi connectivity index (χ0) is 10.0. The summed E-state index contributed by atoms with van der Waals surface area (Å²) in [4.78, 5) is 10.6. The normalized spacial score (nSPS) is 12.5. The summed E-state index contributed by atoms with van der Waals surface area (Å²) < 4.78 is 0. The number of nitrogens with two attached hydrogens (primary N) is 2. The molecule has 1 aromatic rings. The van der Waals surface area contributed by atoms with Gasteiger partial charge in [-0.05, 0) is 30.2 Å². The van der Waals surface area contributed by atoms with Crippen LogP contribution in [0.1, 0.15) is 17.2 Å². The van der Waals surface area contributed by atoms with Crippen LogP contribution < -0.4 is 11.5 Å². The third-order valence-electron chi connectivity index (χ3n) is 1.75. The van der Waals surface area contributed by atoms with E-state index in [0.717, 1.165) is 5.56 Å². The summed E-state index contributed by atoms with van der Waals surface area (Å²) in [5.74, 6) is -1.05. The Balaban J connectivity index is 3.07. The minimum Gasteiger partial charge on any atom is -0.480 e. The number of carboxylic acids is 1. The number of carboxylic acid groups (broad SMARTS) is 1. The van der Waals surface area contributed by atoms with Crippen LogP contribution in [0, 0.1) is 6.92 Å². The van der Waals surface area contributed by atoms with Crippen LogP contribution in [-0.4, -0.2) is 11.1 Å². The van der Waals surface area contributed by atoms with Crippen molar-refractivity contribution in [2.24, 2.45) is 5.73 Å². The molecule has 0 amide bonds. The summed E-state index contributed by atoms with van der Waals surface area (Å²) in [6.45, 7) is 1.84. The summed E-state index contributed by atoms with van der Waals surface area (Å²) >= 11 is 0. The molecule has 5 N–H and O–H groups in total. The Labute approximate surface area is 76.2 Å². The molecular weight excluding hydrogens is 168 g/mol. The van der Waals surface area contributed by atoms with Crippen molar-refractivity contribution in [2.45, 2.75) is 13.0 Å². The standard InChI is InChI=1S/C9H12N2O2/c1-5-2-6(4-7(10)3-5)8(11)9(12)13/h2-4,8H,10-11H2,1H3,(H,12,13). The predicted molar refractivity (Wildman–Crippen MR) is 50.2 cm³/mol. The van der Waals surface area contributed by atoms with E-state index in [4.69, 9.17) is 16.6 Å². The van der Waals surface area contributed by atoms with Crippen molar-refractivity contribution in [3.05, 3.63) is 29.3 Å². The Morgan fingerprint density at radius 2 is 2.08 bits per heavy atom. The van der Waals surface area contributed by atoms with E-state index in [0.29, 0.717) is 11.3 Å². The maximum atomic E-state index is 10.6. The fraction of sp³-hybridized carbons (Fsp3) is 0.222. The Bertz CT molecular complexity index is 316. The number of hydrogen-bond donors (Lipinski definition) is 3. The highest BCUT2D eigenvalue weighted by Crippen LogP contribution is 2.16. The quantitative estimate of drug-likeness (QED) is 0.583. The van der Waals surface area contributed by atoms with Gasteiger partial charge in [0.15, 0.2) is 0 Å². The fourth-order valence-corrected chi connectivity index (χ4v) is 1.17. The lowest BCUT2D eigenvalue weighted by Crippen LogP contribution is -2.20. The molecule has 0 aliphatic heterocycles. The lowest BCUT2D eigenvalue weighted by molar-refractivity contribution is -0.138. The highest BCUT2D eigenvalue weighted by molar-refractivity contribution is 5.75. The zero-order valence-corrected chi connectivity index (χ0v) is 7.32. The molecule has 0 heterocycles. The summed E-state index contributed by atoms with van der Waals surface area (Å²) in [5.41, 5.74) is 12.9. The molecule has 1 unspecified atom stereocenters. The first-order valence-electron chi connectivity index (χ1n) is 3.86. The topological polar surface area (TPSA) is 89.3 Å². The molecule has 0 spiro atoms. The minimum atomic E-state index is -1.05. The van der Waals surface area contributed by atoms with Crippen molar-refractivity contribution in [2.75, 3.05) is 5.73 Å². The van der Waals surface area contributed by atoms with Gasteiger partial charge in [0, 0.05) is 5.69 Å². The highest BCUT2D eigenvalue weighted by atomic mass is 16.4. The first kappa shape index (κ1) is 9.54. The first-order valence-corrected chi connectivity index (χ1v) is 3.86. The molecule has 0 bridgehead atoms. The van der Waals surface area contributed by atoms with E-state index >= 15 is 0 Å². The van der Waals surface area contributed by atoms with E-state index in [1.807, 2.05) is 6.92 Å². The Morgan fingerprint density at radius 3 is 2.54 bits per heavy atom. The molecule has 70 valence electrons. The molecule has 0 aliphatic carbocycles. The van der Waals surface area contributed by atoms with Gasteiger partial charge < -0.3 is 16.6 Å². The molecule has 1 atom stereocenters. The Morgan fingerprint density at radius 1 is 1.46 bits per heavy atom. The zero-order valence-electron chi connectivity index (χ0n) is 7.32. The highest BCUT2D eigenvalue weighted by Gasteiger charge is 2.14. The number of hydrogen-bond acceptors (Lipinski definition) is 3. The largest absolute Gasteiger partial charge is 0.480 e. The lowest BCUT2D eigenvalue weighted by Gasteiger charge is -2.08. The fourth-order valence-electron chi connectivity index (χ4n) is 1.17. The van der Waals surface area contributed by atoms with Gasteiger partial charge in [0.25, 0.3) is 0 Å². The van der Waals surface area contributed by atoms with E-state index < -0.39 is 12.0 Å². The molecule has 1 rings (SSSR count). The van der Waals surface area contributed by atoms with Crippen molar-refractivity contribution in [1.29, 1.82) is 0 Å². The monoisotopic (exact) mass is 180 g/mol. The number of anilines is 1. The summed E-state index contributed by atoms with van der Waals surface area (Å²) in [5, 5.41) is 8.65. The number of carbonyl (C=O) groups is 1. The van der Waals surface area contributed by atoms with Gasteiger partial charge in [-0.3, -0.25) is 4.79 Å². The molecule has 0 radical (unpaired) electrons. The van der Waals surface area contributed by atoms with Gasteiger partial charge >= 0.3 is 5.97 Å². The second kappa shape index (κ2) is 3.45. The maximum Gasteiger partial charge on any atom is 0.325 e. The third-order valence-corrected chi connectivity index (χ3v) is 1.75. The van der Waals surface area contributed by atoms with Crippen LogP contribution in [-0.2, 0) is 4.79 Å². The van der Waals surface area contributed by atoms with Gasteiger partial charge in [-0.25, -0.2) is 0 Å². The van der Waals surface area contributed by atoms with Gasteiger partial charge in [0.1, 0.15) is 6.04 Å². The van der Waals surface area contributed by atoms with Crippen molar-refractivity contribution in [3.63, 3.8) is 0 Å². The second-order valence-electron chi connectivity index (χ2n) is 2.99. The number of nitrogen functional groups attached to an aromatic ring is 1. The van der Waals surface area contributed by atoms with Crippen molar-refractivity contribution in [3.8, 4) is 0 Å². The molecular formula is C9H12N2O2. The van der Waals surface area contributed by atoms with Crippen molar-refractivity contribution < 1.29 is 9.90 Å². The van der Waals surface area contributed by atoms with Crippen LogP contribution in [0.25, 0.3) is 0 Å². The SMILES string of the molecule is Cc1cc(N)cc(C(N)C(=O)O)c1. The number of benzene rings is 1. The summed E-state index contributed by atoms with van der Waals surface area (Å²) in [6.07, 6.45) is 0. The average molecular weight is 180 g/mol. The average Bonchev–Trinajstić information content (AvgIpc) is 2.01. The summed E-state index contributed by atoms with van der Waals surface area (Å²) in [7, 11) is 0. The molecule has 13 heavy (non-hydrogen) atoms. The van der Waals surface area contributed by atoms with Gasteiger partial charge in [0.05, 0.1) is 0 Å². The van der Waals surface area contributed by atoms with Crippen LogP contribution in [0.15, 0.2) is 18.2 Å². The van der Waals surface area contributed by atoms with Gasteiger partial charge in [0.2, 0.25) is 0 Å². The van der Waals surface area contributed by atoms with E-state index in [2.05, 4.69) is 0 Å². The minimum absolute atomic E-state index is 0.532. The van der Waals surface area contributed by atoms with E-state index in [1.54, 1.807) is 18.2 Å². The van der Waals surface area contributed by atoms with Crippen LogP contribution in [0.5, 0.6) is 0 Å². The van der Waals surface area contributed by atoms with E-state index in [-0.39, 0.29) is 0 Å². The molecule has 0 aliphatic rings. The van der Waals surface area contributed by atoms with Crippen molar-refractivity contribution >= 4 is 11.7 Å².